The van der Waals surface area contributed by atoms with Crippen LogP contribution in [0.25, 0.3) is 0 Å². The highest BCUT2D eigenvalue weighted by atomic mass is 35.5. The topological polar surface area (TPSA) is 29.9 Å². The van der Waals surface area contributed by atoms with Crippen LogP contribution in [0.15, 0.2) is 0 Å². The molecule has 2 atom stereocenters. The monoisotopic (exact) mass is 283 g/mol. The Balaban J connectivity index is 2.20. The smallest absolute Gasteiger partial charge is 0.0847 e. The molecule has 19 heavy (non-hydrogen) atoms. The largest absolute Gasteiger partial charge is 0.316 e. The number of hydrogen-bond acceptors (Lipinski definition) is 2. The molecule has 0 bridgehead atoms. The molecule has 1 aliphatic carbocycles. The van der Waals surface area contributed by atoms with Crippen LogP contribution in [0.1, 0.15) is 44.5 Å². The average molecular weight is 284 g/mol. The normalized spacial score (nSPS) is 23.8. The fraction of sp³-hybridized carbons (Fsp3) is 0.800. The second-order valence-electron chi connectivity index (χ2n) is 6.56. The number of rotatable bonds is 4. The third-order valence-electron chi connectivity index (χ3n) is 4.87. The highest BCUT2D eigenvalue weighted by Crippen LogP contribution is 2.45. The van der Waals surface area contributed by atoms with Gasteiger partial charge in [-0.3, -0.25) is 4.68 Å². The van der Waals surface area contributed by atoms with E-state index >= 15 is 0 Å². The number of nitrogens with one attached hydrogen (secondary N) is 1. The van der Waals surface area contributed by atoms with Crippen molar-refractivity contribution in [3.8, 4) is 0 Å². The molecule has 2 unspecified atom stereocenters. The van der Waals surface area contributed by atoms with Crippen molar-refractivity contribution in [2.24, 2.45) is 18.4 Å². The molecule has 0 spiro atoms. The standard InChI is InChI=1S/C15H26ClN3/c1-10-14(16)13(19(5)18-10)9-12(17-4)11-7-6-8-15(11,2)3/h11-12,17H,6-9H2,1-5H3. The van der Waals surface area contributed by atoms with Crippen LogP contribution in [0.5, 0.6) is 0 Å². The summed E-state index contributed by atoms with van der Waals surface area (Å²) < 4.78 is 1.93. The van der Waals surface area contributed by atoms with E-state index < -0.39 is 0 Å². The first-order chi connectivity index (χ1) is 8.86. The van der Waals surface area contributed by atoms with Crippen molar-refractivity contribution < 1.29 is 0 Å². The molecule has 1 N–H and O–H groups in total. The van der Waals surface area contributed by atoms with Crippen molar-refractivity contribution >= 4 is 11.6 Å². The maximum atomic E-state index is 6.38. The first kappa shape index (κ1) is 14.9. The van der Waals surface area contributed by atoms with Crippen molar-refractivity contribution in [3.05, 3.63) is 16.4 Å². The molecular weight excluding hydrogens is 258 g/mol. The van der Waals surface area contributed by atoms with Gasteiger partial charge in [-0.1, -0.05) is 31.9 Å². The molecule has 4 heteroatoms. The molecule has 0 amide bonds. The number of halogens is 1. The lowest BCUT2D eigenvalue weighted by molar-refractivity contribution is 0.200. The molecule has 0 aliphatic heterocycles. The Hall–Kier alpha value is -0.540. The molecule has 1 saturated carbocycles. The molecule has 0 saturated heterocycles. The zero-order chi connectivity index (χ0) is 14.2. The summed E-state index contributed by atoms with van der Waals surface area (Å²) in [5.41, 5.74) is 2.51. The van der Waals surface area contributed by atoms with Gasteiger partial charge in [0, 0.05) is 19.5 Å². The SMILES string of the molecule is CNC(Cc1c(Cl)c(C)nn1C)C1CCCC1(C)C. The fourth-order valence-corrected chi connectivity index (χ4v) is 3.89. The third kappa shape index (κ3) is 2.82. The Morgan fingerprint density at radius 1 is 1.53 bits per heavy atom. The third-order valence-corrected chi connectivity index (χ3v) is 5.36. The van der Waals surface area contributed by atoms with E-state index in [0.29, 0.717) is 17.4 Å². The van der Waals surface area contributed by atoms with E-state index in [1.54, 1.807) is 0 Å². The van der Waals surface area contributed by atoms with Gasteiger partial charge in [0.1, 0.15) is 0 Å². The molecule has 1 aromatic rings. The van der Waals surface area contributed by atoms with E-state index in [9.17, 15) is 0 Å². The molecule has 0 radical (unpaired) electrons. The van der Waals surface area contributed by atoms with Crippen molar-refractivity contribution in [3.63, 3.8) is 0 Å². The van der Waals surface area contributed by atoms with Crippen LogP contribution >= 0.6 is 11.6 Å². The molecule has 108 valence electrons. The van der Waals surface area contributed by atoms with E-state index in [0.717, 1.165) is 22.8 Å². The number of aryl methyl sites for hydroxylation is 2. The highest BCUT2D eigenvalue weighted by molar-refractivity contribution is 6.31. The lowest BCUT2D eigenvalue weighted by Gasteiger charge is -2.34. The molecule has 1 aliphatic rings. The molecular formula is C15H26ClN3. The molecule has 2 rings (SSSR count). The van der Waals surface area contributed by atoms with Gasteiger partial charge >= 0.3 is 0 Å². The van der Waals surface area contributed by atoms with E-state index in [2.05, 4.69) is 31.3 Å². The van der Waals surface area contributed by atoms with Crippen LogP contribution in [0.3, 0.4) is 0 Å². The van der Waals surface area contributed by atoms with Gasteiger partial charge in [0.05, 0.1) is 16.4 Å². The lowest BCUT2D eigenvalue weighted by atomic mass is 9.76. The number of nitrogens with zero attached hydrogens (tertiary/aromatic N) is 2. The summed E-state index contributed by atoms with van der Waals surface area (Å²) >= 11 is 6.38. The van der Waals surface area contributed by atoms with Gasteiger partial charge in [0.15, 0.2) is 0 Å². The quantitative estimate of drug-likeness (QED) is 0.918. The van der Waals surface area contributed by atoms with Crippen molar-refractivity contribution in [1.29, 1.82) is 0 Å². The van der Waals surface area contributed by atoms with E-state index in [-0.39, 0.29) is 0 Å². The van der Waals surface area contributed by atoms with Crippen LogP contribution in [0, 0.1) is 18.3 Å². The zero-order valence-electron chi connectivity index (χ0n) is 12.8. The summed E-state index contributed by atoms with van der Waals surface area (Å²) in [6.45, 7) is 6.76. The van der Waals surface area contributed by atoms with Crippen LogP contribution in [0.4, 0.5) is 0 Å². The first-order valence-corrected chi connectivity index (χ1v) is 7.60. The second-order valence-corrected chi connectivity index (χ2v) is 6.93. The summed E-state index contributed by atoms with van der Waals surface area (Å²) in [6, 6.07) is 0.477. The minimum absolute atomic E-state index is 0.424. The maximum Gasteiger partial charge on any atom is 0.0847 e. The van der Waals surface area contributed by atoms with Crippen LogP contribution < -0.4 is 5.32 Å². The summed E-state index contributed by atoms with van der Waals surface area (Å²) in [5, 5.41) is 8.76. The maximum absolute atomic E-state index is 6.38. The summed E-state index contributed by atoms with van der Waals surface area (Å²) in [4.78, 5) is 0. The van der Waals surface area contributed by atoms with Crippen LogP contribution in [0.2, 0.25) is 5.02 Å². The van der Waals surface area contributed by atoms with Gasteiger partial charge in [-0.25, -0.2) is 0 Å². The number of aromatic nitrogens is 2. The average Bonchev–Trinajstić information content (AvgIpc) is 2.79. The van der Waals surface area contributed by atoms with Gasteiger partial charge in [-0.2, -0.15) is 5.10 Å². The zero-order valence-corrected chi connectivity index (χ0v) is 13.5. The number of likely N-dealkylation sites (N-methyl/N-ethyl adjacent to an activating group) is 1. The van der Waals surface area contributed by atoms with Gasteiger partial charge in [-0.05, 0) is 38.1 Å². The van der Waals surface area contributed by atoms with E-state index in [1.165, 1.54) is 19.3 Å². The summed E-state index contributed by atoms with van der Waals surface area (Å²) in [6.07, 6.45) is 4.94. The predicted octanol–water partition coefficient (Wildman–Crippen LogP) is 3.34. The van der Waals surface area contributed by atoms with Crippen molar-refractivity contribution in [2.45, 2.75) is 52.5 Å². The molecule has 1 heterocycles. The second kappa shape index (κ2) is 5.45. The van der Waals surface area contributed by atoms with Crippen LogP contribution in [-0.4, -0.2) is 22.9 Å². The van der Waals surface area contributed by atoms with Gasteiger partial charge in [-0.15, -0.1) is 0 Å². The summed E-state index contributed by atoms with van der Waals surface area (Å²) in [7, 11) is 4.05. The van der Waals surface area contributed by atoms with Crippen LogP contribution in [-0.2, 0) is 13.5 Å². The van der Waals surface area contributed by atoms with E-state index in [1.807, 2.05) is 18.7 Å². The number of hydrogen-bond donors (Lipinski definition) is 1. The van der Waals surface area contributed by atoms with Crippen molar-refractivity contribution in [2.75, 3.05) is 7.05 Å². The van der Waals surface area contributed by atoms with E-state index in [4.69, 9.17) is 11.6 Å². The Morgan fingerprint density at radius 2 is 2.21 bits per heavy atom. The minimum Gasteiger partial charge on any atom is -0.316 e. The fourth-order valence-electron chi connectivity index (χ4n) is 3.66. The Kier molecular flexibility index (Phi) is 4.26. The Labute approximate surface area is 121 Å². The summed E-state index contributed by atoms with van der Waals surface area (Å²) in [5.74, 6) is 0.712. The van der Waals surface area contributed by atoms with Crippen molar-refractivity contribution in [1.82, 2.24) is 15.1 Å². The first-order valence-electron chi connectivity index (χ1n) is 7.22. The Morgan fingerprint density at radius 3 is 2.63 bits per heavy atom. The Bertz CT molecular complexity index is 450. The minimum atomic E-state index is 0.424. The highest BCUT2D eigenvalue weighted by Gasteiger charge is 2.39. The van der Waals surface area contributed by atoms with Gasteiger partial charge in [0.25, 0.3) is 0 Å². The molecule has 3 nitrogen and oxygen atoms in total. The molecule has 0 aromatic carbocycles. The lowest BCUT2D eigenvalue weighted by Crippen LogP contribution is -2.40. The molecule has 1 aromatic heterocycles. The van der Waals surface area contributed by atoms with Gasteiger partial charge < -0.3 is 5.32 Å². The van der Waals surface area contributed by atoms with Gasteiger partial charge in [0.2, 0.25) is 0 Å². The predicted molar refractivity (Wildman–Crippen MR) is 80.6 cm³/mol. The molecule has 1 fully saturated rings.